The van der Waals surface area contributed by atoms with Crippen LogP contribution in [0.4, 0.5) is 0 Å². The van der Waals surface area contributed by atoms with Crippen molar-refractivity contribution in [1.29, 1.82) is 0 Å². The molecule has 1 amide bonds. The average Bonchev–Trinajstić information content (AvgIpc) is 3.22. The van der Waals surface area contributed by atoms with Gasteiger partial charge in [-0.15, -0.1) is 11.3 Å². The number of hydrogen-bond acceptors (Lipinski definition) is 6. The van der Waals surface area contributed by atoms with Gasteiger partial charge in [0.2, 0.25) is 0 Å². The number of carbonyl (C=O) groups excluding carboxylic acids is 2. The highest BCUT2D eigenvalue weighted by Gasteiger charge is 2.42. The molecule has 0 bridgehead atoms. The average molecular weight is 393 g/mol. The molecule has 6 nitrogen and oxygen atoms in total. The fraction of sp³-hybridized carbons (Fsp3) is 0.444. The van der Waals surface area contributed by atoms with Crippen molar-refractivity contribution in [3.8, 4) is 0 Å². The SMILES string of the molecule is O=C(OCC(=O)N(C1CC1)[C@H]1CCS(=O)(=O)C1)c1cc2ccccc2s1. The van der Waals surface area contributed by atoms with Crippen LogP contribution in [0.1, 0.15) is 28.9 Å². The van der Waals surface area contributed by atoms with Gasteiger partial charge in [-0.2, -0.15) is 0 Å². The van der Waals surface area contributed by atoms with E-state index in [1.807, 2.05) is 24.3 Å². The summed E-state index contributed by atoms with van der Waals surface area (Å²) in [5.74, 6) is -0.687. The molecule has 8 heteroatoms. The Morgan fingerprint density at radius 2 is 1.92 bits per heavy atom. The normalized spacial score (nSPS) is 21.6. The van der Waals surface area contributed by atoms with E-state index in [-0.39, 0.29) is 36.1 Å². The third kappa shape index (κ3) is 3.61. The summed E-state index contributed by atoms with van der Waals surface area (Å²) in [6, 6.07) is 9.21. The van der Waals surface area contributed by atoms with Crippen LogP contribution in [0.3, 0.4) is 0 Å². The van der Waals surface area contributed by atoms with E-state index in [2.05, 4.69) is 0 Å². The number of rotatable bonds is 5. The summed E-state index contributed by atoms with van der Waals surface area (Å²) in [4.78, 5) is 27.0. The van der Waals surface area contributed by atoms with Crippen molar-refractivity contribution in [3.05, 3.63) is 35.2 Å². The molecule has 1 saturated carbocycles. The van der Waals surface area contributed by atoms with Crippen LogP contribution in [0.2, 0.25) is 0 Å². The van der Waals surface area contributed by atoms with E-state index in [0.717, 1.165) is 22.9 Å². The van der Waals surface area contributed by atoms with Crippen LogP contribution >= 0.6 is 11.3 Å². The number of thiophene rings is 1. The third-order valence-electron chi connectivity index (χ3n) is 4.78. The summed E-state index contributed by atoms with van der Waals surface area (Å²) in [6.07, 6.45) is 2.23. The Morgan fingerprint density at radius 1 is 1.15 bits per heavy atom. The molecule has 0 N–H and O–H groups in total. The van der Waals surface area contributed by atoms with E-state index in [1.165, 1.54) is 11.3 Å². The van der Waals surface area contributed by atoms with Crippen LogP contribution in [0.15, 0.2) is 30.3 Å². The molecule has 2 fully saturated rings. The van der Waals surface area contributed by atoms with Crippen LogP contribution in [0.5, 0.6) is 0 Å². The first-order chi connectivity index (χ1) is 12.4. The van der Waals surface area contributed by atoms with Crippen LogP contribution in [0.25, 0.3) is 10.1 Å². The van der Waals surface area contributed by atoms with Crippen molar-refractivity contribution < 1.29 is 22.7 Å². The van der Waals surface area contributed by atoms with E-state index < -0.39 is 15.8 Å². The first-order valence-electron chi connectivity index (χ1n) is 8.60. The highest BCUT2D eigenvalue weighted by molar-refractivity contribution is 7.91. The van der Waals surface area contributed by atoms with Crippen LogP contribution in [-0.2, 0) is 19.4 Å². The molecule has 1 aliphatic carbocycles. The molecule has 0 radical (unpaired) electrons. The zero-order valence-electron chi connectivity index (χ0n) is 14.1. The minimum absolute atomic E-state index is 0.0134. The van der Waals surface area contributed by atoms with Gasteiger partial charge in [-0.05, 0) is 36.8 Å². The Hall–Kier alpha value is -1.93. The number of sulfone groups is 1. The van der Waals surface area contributed by atoms with Gasteiger partial charge in [0, 0.05) is 16.8 Å². The standard InChI is InChI=1S/C18H19NO5S2/c20-17(19(13-5-6-13)14-7-8-26(22,23)11-14)10-24-18(21)16-9-12-3-1-2-4-15(12)25-16/h1-4,9,13-14H,5-8,10-11H2/t14-/m0/s1. The smallest absolute Gasteiger partial charge is 0.348 e. The molecular weight excluding hydrogens is 374 g/mol. The van der Waals surface area contributed by atoms with E-state index in [1.54, 1.807) is 11.0 Å². The summed E-state index contributed by atoms with van der Waals surface area (Å²) in [6.45, 7) is -0.347. The number of benzene rings is 1. The predicted octanol–water partition coefficient (Wildman–Crippen LogP) is 2.24. The van der Waals surface area contributed by atoms with Gasteiger partial charge >= 0.3 is 5.97 Å². The Kier molecular flexibility index (Phi) is 4.48. The zero-order chi connectivity index (χ0) is 18.3. The minimum Gasteiger partial charge on any atom is -0.451 e. The van der Waals surface area contributed by atoms with Gasteiger partial charge in [-0.3, -0.25) is 4.79 Å². The molecule has 2 heterocycles. The van der Waals surface area contributed by atoms with Gasteiger partial charge < -0.3 is 9.64 Å². The van der Waals surface area contributed by atoms with Gasteiger partial charge in [-0.1, -0.05) is 18.2 Å². The van der Waals surface area contributed by atoms with Crippen LogP contribution < -0.4 is 0 Å². The summed E-state index contributed by atoms with van der Waals surface area (Å²) < 4.78 is 29.7. The summed E-state index contributed by atoms with van der Waals surface area (Å²) in [7, 11) is -3.07. The summed E-state index contributed by atoms with van der Waals surface area (Å²) in [5, 5.41) is 0.964. The first kappa shape index (κ1) is 17.5. The molecular formula is C18H19NO5S2. The zero-order valence-corrected chi connectivity index (χ0v) is 15.7. The van der Waals surface area contributed by atoms with Crippen molar-refractivity contribution in [2.75, 3.05) is 18.1 Å². The maximum absolute atomic E-state index is 12.6. The third-order valence-corrected chi connectivity index (χ3v) is 7.63. The van der Waals surface area contributed by atoms with Gasteiger partial charge in [0.25, 0.3) is 5.91 Å². The Morgan fingerprint density at radius 3 is 2.58 bits per heavy atom. The number of esters is 1. The number of nitrogens with zero attached hydrogens (tertiary/aromatic N) is 1. The second-order valence-electron chi connectivity index (χ2n) is 6.81. The van der Waals surface area contributed by atoms with Crippen molar-refractivity contribution in [2.24, 2.45) is 0 Å². The quantitative estimate of drug-likeness (QED) is 0.728. The van der Waals surface area contributed by atoms with Crippen molar-refractivity contribution in [2.45, 2.75) is 31.3 Å². The largest absolute Gasteiger partial charge is 0.451 e. The van der Waals surface area contributed by atoms with Gasteiger partial charge in [0.05, 0.1) is 11.5 Å². The summed E-state index contributed by atoms with van der Waals surface area (Å²) in [5.41, 5.74) is 0. The highest BCUT2D eigenvalue weighted by Crippen LogP contribution is 2.32. The Balaban J connectivity index is 1.41. The number of fused-ring (bicyclic) bond motifs is 1. The molecule has 4 rings (SSSR count). The van der Waals surface area contributed by atoms with Crippen LogP contribution in [0, 0.1) is 0 Å². The van der Waals surface area contributed by atoms with Gasteiger partial charge in [0.1, 0.15) is 4.88 Å². The molecule has 0 unspecified atom stereocenters. The first-order valence-corrected chi connectivity index (χ1v) is 11.2. The van der Waals surface area contributed by atoms with Crippen molar-refractivity contribution in [1.82, 2.24) is 4.90 Å². The monoisotopic (exact) mass is 393 g/mol. The van der Waals surface area contributed by atoms with E-state index in [9.17, 15) is 18.0 Å². The Bertz CT molecular complexity index is 928. The second kappa shape index (κ2) is 6.66. The lowest BCUT2D eigenvalue weighted by Crippen LogP contribution is -2.44. The number of ether oxygens (including phenoxy) is 1. The topological polar surface area (TPSA) is 80.8 Å². The molecule has 1 saturated heterocycles. The highest BCUT2D eigenvalue weighted by atomic mass is 32.2. The lowest BCUT2D eigenvalue weighted by atomic mass is 10.2. The maximum atomic E-state index is 12.6. The van der Waals surface area contributed by atoms with Crippen molar-refractivity contribution >= 4 is 43.1 Å². The fourth-order valence-electron chi connectivity index (χ4n) is 3.41. The van der Waals surface area contributed by atoms with Gasteiger partial charge in [0.15, 0.2) is 16.4 Å². The molecule has 138 valence electrons. The number of amides is 1. The molecule has 1 atom stereocenters. The van der Waals surface area contributed by atoms with Gasteiger partial charge in [-0.25, -0.2) is 13.2 Å². The lowest BCUT2D eigenvalue weighted by Gasteiger charge is -2.28. The number of hydrogen-bond donors (Lipinski definition) is 0. The molecule has 2 aromatic rings. The molecule has 2 aliphatic rings. The van der Waals surface area contributed by atoms with Crippen LogP contribution in [-0.4, -0.2) is 55.4 Å². The van der Waals surface area contributed by atoms with Crippen molar-refractivity contribution in [3.63, 3.8) is 0 Å². The Labute approximate surface area is 155 Å². The van der Waals surface area contributed by atoms with E-state index in [4.69, 9.17) is 4.74 Å². The maximum Gasteiger partial charge on any atom is 0.348 e. The minimum atomic E-state index is -3.07. The second-order valence-corrected chi connectivity index (χ2v) is 10.1. The number of carbonyl (C=O) groups is 2. The molecule has 1 aromatic heterocycles. The van der Waals surface area contributed by atoms with E-state index in [0.29, 0.717) is 11.3 Å². The molecule has 26 heavy (non-hydrogen) atoms. The lowest BCUT2D eigenvalue weighted by molar-refractivity contribution is -0.137. The fourth-order valence-corrected chi connectivity index (χ4v) is 6.08. The molecule has 1 aliphatic heterocycles. The molecule has 1 aromatic carbocycles. The molecule has 0 spiro atoms. The predicted molar refractivity (Wildman–Crippen MR) is 99.0 cm³/mol. The van der Waals surface area contributed by atoms with E-state index >= 15 is 0 Å². The summed E-state index contributed by atoms with van der Waals surface area (Å²) >= 11 is 1.33.